The first-order chi connectivity index (χ1) is 9.25. The van der Waals surface area contributed by atoms with Crippen molar-refractivity contribution in [2.75, 3.05) is 0 Å². The number of aromatic nitrogens is 3. The van der Waals surface area contributed by atoms with Crippen LogP contribution in [0.4, 0.5) is 0 Å². The zero-order valence-electron chi connectivity index (χ0n) is 10.4. The number of hydrogen-bond acceptors (Lipinski definition) is 2. The van der Waals surface area contributed by atoms with Crippen molar-refractivity contribution in [3.63, 3.8) is 0 Å². The Morgan fingerprint density at radius 1 is 1.05 bits per heavy atom. The molecule has 0 atom stereocenters. The van der Waals surface area contributed by atoms with Gasteiger partial charge in [-0.15, -0.1) is 10.2 Å². The average Bonchev–Trinajstić information content (AvgIpc) is 2.92. The normalized spacial score (nSPS) is 10.6. The van der Waals surface area contributed by atoms with Crippen LogP contribution >= 0.6 is 15.9 Å². The molecule has 0 N–H and O–H groups in total. The third-order valence-corrected chi connectivity index (χ3v) is 3.87. The van der Waals surface area contributed by atoms with E-state index in [2.05, 4.69) is 51.3 Å². The van der Waals surface area contributed by atoms with E-state index in [-0.39, 0.29) is 0 Å². The van der Waals surface area contributed by atoms with Gasteiger partial charge in [0.05, 0.1) is 0 Å². The molecular weight excluding hydrogens is 302 g/mol. The fraction of sp³-hybridized carbons (Fsp3) is 0.0667. The van der Waals surface area contributed by atoms with Gasteiger partial charge in [0.15, 0.2) is 5.82 Å². The van der Waals surface area contributed by atoms with E-state index in [1.807, 2.05) is 34.9 Å². The van der Waals surface area contributed by atoms with Crippen LogP contribution in [0.25, 0.3) is 17.1 Å². The van der Waals surface area contributed by atoms with Crippen molar-refractivity contribution in [2.24, 2.45) is 0 Å². The van der Waals surface area contributed by atoms with Gasteiger partial charge in [0.25, 0.3) is 0 Å². The second-order valence-electron chi connectivity index (χ2n) is 4.32. The summed E-state index contributed by atoms with van der Waals surface area (Å²) in [5.41, 5.74) is 3.30. The highest BCUT2D eigenvalue weighted by molar-refractivity contribution is 9.10. The van der Waals surface area contributed by atoms with Gasteiger partial charge >= 0.3 is 0 Å². The molecule has 0 fully saturated rings. The summed E-state index contributed by atoms with van der Waals surface area (Å²) in [6.07, 6.45) is 1.73. The second-order valence-corrected chi connectivity index (χ2v) is 5.18. The van der Waals surface area contributed by atoms with Crippen LogP contribution < -0.4 is 0 Å². The number of para-hydroxylation sites is 1. The summed E-state index contributed by atoms with van der Waals surface area (Å²) in [4.78, 5) is 0. The first-order valence-electron chi connectivity index (χ1n) is 5.97. The van der Waals surface area contributed by atoms with Crippen LogP contribution in [0.15, 0.2) is 59.3 Å². The van der Waals surface area contributed by atoms with Crippen LogP contribution in [-0.4, -0.2) is 14.8 Å². The molecule has 2 aromatic carbocycles. The maximum atomic E-state index is 4.23. The minimum atomic E-state index is 0.840. The van der Waals surface area contributed by atoms with Crippen LogP contribution in [0, 0.1) is 6.92 Å². The summed E-state index contributed by atoms with van der Waals surface area (Å²) >= 11 is 3.55. The van der Waals surface area contributed by atoms with Crippen LogP contribution in [0.1, 0.15) is 5.56 Å². The van der Waals surface area contributed by atoms with E-state index in [0.29, 0.717) is 0 Å². The standard InChI is InChI=1S/C15H12BrN3/c1-11-7-8-12(9-14(11)16)15-18-17-10-19(15)13-5-3-2-4-6-13/h2-10H,1H3. The van der Waals surface area contributed by atoms with E-state index < -0.39 is 0 Å². The minimum absolute atomic E-state index is 0.840. The highest BCUT2D eigenvalue weighted by Crippen LogP contribution is 2.25. The first kappa shape index (κ1) is 12.1. The smallest absolute Gasteiger partial charge is 0.168 e. The predicted molar refractivity (Wildman–Crippen MR) is 79.2 cm³/mol. The largest absolute Gasteiger partial charge is 0.282 e. The van der Waals surface area contributed by atoms with Crippen LogP contribution in [0.3, 0.4) is 0 Å². The predicted octanol–water partition coefficient (Wildman–Crippen LogP) is 4.01. The van der Waals surface area contributed by atoms with Crippen molar-refractivity contribution < 1.29 is 0 Å². The number of nitrogens with zero attached hydrogens (tertiary/aromatic N) is 3. The van der Waals surface area contributed by atoms with Gasteiger partial charge in [0, 0.05) is 15.7 Å². The molecular formula is C15H12BrN3. The molecule has 3 aromatic rings. The zero-order valence-corrected chi connectivity index (χ0v) is 12.0. The van der Waals surface area contributed by atoms with Gasteiger partial charge in [-0.25, -0.2) is 0 Å². The van der Waals surface area contributed by atoms with E-state index in [1.54, 1.807) is 6.33 Å². The number of halogens is 1. The zero-order chi connectivity index (χ0) is 13.2. The van der Waals surface area contributed by atoms with Crippen molar-refractivity contribution in [3.05, 3.63) is 64.9 Å². The van der Waals surface area contributed by atoms with Crippen molar-refractivity contribution >= 4 is 15.9 Å². The maximum Gasteiger partial charge on any atom is 0.168 e. The third kappa shape index (κ3) is 2.31. The molecule has 4 heteroatoms. The van der Waals surface area contributed by atoms with Crippen molar-refractivity contribution in [1.29, 1.82) is 0 Å². The minimum Gasteiger partial charge on any atom is -0.282 e. The summed E-state index contributed by atoms with van der Waals surface area (Å²) in [6.45, 7) is 2.07. The van der Waals surface area contributed by atoms with Gasteiger partial charge in [0.2, 0.25) is 0 Å². The Kier molecular flexibility index (Phi) is 3.17. The van der Waals surface area contributed by atoms with Crippen LogP contribution in [-0.2, 0) is 0 Å². The summed E-state index contributed by atoms with van der Waals surface area (Å²) in [7, 11) is 0. The van der Waals surface area contributed by atoms with Crippen LogP contribution in [0.2, 0.25) is 0 Å². The summed E-state index contributed by atoms with van der Waals surface area (Å²) in [6, 6.07) is 16.3. The van der Waals surface area contributed by atoms with E-state index >= 15 is 0 Å². The summed E-state index contributed by atoms with van der Waals surface area (Å²) in [5, 5.41) is 8.25. The van der Waals surface area contributed by atoms with Gasteiger partial charge in [0.1, 0.15) is 6.33 Å². The molecule has 0 aliphatic carbocycles. The molecule has 0 radical (unpaired) electrons. The fourth-order valence-electron chi connectivity index (χ4n) is 1.94. The lowest BCUT2D eigenvalue weighted by atomic mass is 10.1. The molecule has 1 heterocycles. The monoisotopic (exact) mass is 313 g/mol. The van der Waals surface area contributed by atoms with Gasteiger partial charge < -0.3 is 0 Å². The molecule has 19 heavy (non-hydrogen) atoms. The number of rotatable bonds is 2. The Morgan fingerprint density at radius 3 is 2.58 bits per heavy atom. The molecule has 0 saturated carbocycles. The van der Waals surface area contributed by atoms with Gasteiger partial charge in [-0.05, 0) is 30.7 Å². The Bertz CT molecular complexity index is 704. The molecule has 0 unspecified atom stereocenters. The fourth-order valence-corrected chi connectivity index (χ4v) is 2.32. The number of hydrogen-bond donors (Lipinski definition) is 0. The quantitative estimate of drug-likeness (QED) is 0.715. The van der Waals surface area contributed by atoms with Crippen LogP contribution in [0.5, 0.6) is 0 Å². The first-order valence-corrected chi connectivity index (χ1v) is 6.77. The van der Waals surface area contributed by atoms with Gasteiger partial charge in [-0.3, -0.25) is 4.57 Å². The van der Waals surface area contributed by atoms with Gasteiger partial charge in [-0.2, -0.15) is 0 Å². The molecule has 0 amide bonds. The van der Waals surface area contributed by atoms with E-state index in [9.17, 15) is 0 Å². The van der Waals surface area contributed by atoms with E-state index in [4.69, 9.17) is 0 Å². The average molecular weight is 314 g/mol. The SMILES string of the molecule is Cc1ccc(-c2nncn2-c2ccccc2)cc1Br. The highest BCUT2D eigenvalue weighted by Gasteiger charge is 2.09. The molecule has 0 saturated heterocycles. The Balaban J connectivity index is 2.12. The lowest BCUT2D eigenvalue weighted by Crippen LogP contribution is -1.96. The Hall–Kier alpha value is -1.94. The van der Waals surface area contributed by atoms with Crippen molar-refractivity contribution in [3.8, 4) is 17.1 Å². The highest BCUT2D eigenvalue weighted by atomic mass is 79.9. The Labute approximate surface area is 120 Å². The molecule has 1 aromatic heterocycles. The number of aryl methyl sites for hydroxylation is 1. The van der Waals surface area contributed by atoms with E-state index in [1.165, 1.54) is 5.56 Å². The summed E-state index contributed by atoms with van der Waals surface area (Å²) < 4.78 is 3.06. The van der Waals surface area contributed by atoms with Crippen molar-refractivity contribution in [2.45, 2.75) is 6.92 Å². The molecule has 3 nitrogen and oxygen atoms in total. The second kappa shape index (κ2) is 4.97. The van der Waals surface area contributed by atoms with E-state index in [0.717, 1.165) is 21.5 Å². The third-order valence-electron chi connectivity index (χ3n) is 3.01. The topological polar surface area (TPSA) is 30.7 Å². The summed E-state index contributed by atoms with van der Waals surface area (Å²) in [5.74, 6) is 0.840. The molecule has 3 rings (SSSR count). The maximum absolute atomic E-state index is 4.23. The number of benzene rings is 2. The Morgan fingerprint density at radius 2 is 1.84 bits per heavy atom. The lowest BCUT2D eigenvalue weighted by molar-refractivity contribution is 1.06. The molecule has 0 aliphatic rings. The lowest BCUT2D eigenvalue weighted by Gasteiger charge is -2.07. The molecule has 0 spiro atoms. The molecule has 0 bridgehead atoms. The molecule has 94 valence electrons. The van der Waals surface area contributed by atoms with Gasteiger partial charge in [-0.1, -0.05) is 46.3 Å². The molecule has 0 aliphatic heterocycles. The van der Waals surface area contributed by atoms with Crippen molar-refractivity contribution in [1.82, 2.24) is 14.8 Å².